The van der Waals surface area contributed by atoms with Gasteiger partial charge < -0.3 is 4.90 Å². The highest BCUT2D eigenvalue weighted by molar-refractivity contribution is 7.91. The van der Waals surface area contributed by atoms with Gasteiger partial charge in [-0.2, -0.15) is 0 Å². The average Bonchev–Trinajstić information content (AvgIpc) is 2.87. The second-order valence-electron chi connectivity index (χ2n) is 3.90. The summed E-state index contributed by atoms with van der Waals surface area (Å²) in [5.41, 5.74) is 1.04. The minimum absolute atomic E-state index is 0.0164. The molecule has 19 heavy (non-hydrogen) atoms. The minimum Gasteiger partial charge on any atom is -0.311 e. The molecule has 2 aromatic rings. The van der Waals surface area contributed by atoms with E-state index in [4.69, 9.17) is 5.14 Å². The number of primary sulfonamides is 1. The van der Waals surface area contributed by atoms with Crippen LogP contribution in [-0.2, 0) is 10.0 Å². The number of anilines is 1. The molecule has 0 spiro atoms. The number of nitrogens with two attached hydrogens (primary N) is 1. The summed E-state index contributed by atoms with van der Waals surface area (Å²) in [5.74, 6) is -0.280. The molecular weight excluding hydrogens is 284 g/mol. The minimum atomic E-state index is -3.76. The third kappa shape index (κ3) is 3.01. The zero-order valence-electron chi connectivity index (χ0n) is 10.1. The van der Waals surface area contributed by atoms with Crippen LogP contribution in [0.3, 0.4) is 0 Å². The van der Waals surface area contributed by atoms with Crippen LogP contribution >= 0.6 is 11.3 Å². The van der Waals surface area contributed by atoms with E-state index in [2.05, 4.69) is 0 Å². The lowest BCUT2D eigenvalue weighted by Gasteiger charge is -2.16. The average molecular weight is 296 g/mol. The van der Waals surface area contributed by atoms with Gasteiger partial charge >= 0.3 is 0 Å². The number of carbonyl (C=O) groups is 1. The first kappa shape index (κ1) is 13.7. The summed E-state index contributed by atoms with van der Waals surface area (Å²) >= 11 is 0.937. The summed E-state index contributed by atoms with van der Waals surface area (Å²) in [6, 6.07) is 10.4. The van der Waals surface area contributed by atoms with Crippen molar-refractivity contribution in [2.75, 3.05) is 11.9 Å². The number of benzene rings is 1. The van der Waals surface area contributed by atoms with E-state index in [-0.39, 0.29) is 10.1 Å². The normalized spacial score (nSPS) is 11.3. The summed E-state index contributed by atoms with van der Waals surface area (Å²) < 4.78 is 22.3. The zero-order chi connectivity index (χ0) is 14.0. The van der Waals surface area contributed by atoms with E-state index in [1.807, 2.05) is 18.2 Å². The molecule has 0 saturated heterocycles. The van der Waals surface area contributed by atoms with Crippen molar-refractivity contribution in [2.24, 2.45) is 5.14 Å². The number of hydrogen-bond acceptors (Lipinski definition) is 4. The van der Waals surface area contributed by atoms with E-state index in [9.17, 15) is 13.2 Å². The molecule has 1 aromatic carbocycles. The summed E-state index contributed by atoms with van der Waals surface area (Å²) in [5, 5.41) is 6.50. The molecule has 0 aliphatic carbocycles. The predicted octanol–water partition coefficient (Wildman–Crippen LogP) is 1.67. The fourth-order valence-electron chi connectivity index (χ4n) is 1.54. The molecule has 1 aromatic heterocycles. The van der Waals surface area contributed by atoms with Crippen LogP contribution in [0.25, 0.3) is 0 Å². The van der Waals surface area contributed by atoms with Crippen LogP contribution in [0.2, 0.25) is 0 Å². The zero-order valence-corrected chi connectivity index (χ0v) is 11.7. The molecule has 0 bridgehead atoms. The van der Waals surface area contributed by atoms with E-state index < -0.39 is 10.0 Å². The number of carbonyl (C=O) groups excluding carboxylic acids is 1. The van der Waals surface area contributed by atoms with Crippen molar-refractivity contribution in [1.82, 2.24) is 0 Å². The van der Waals surface area contributed by atoms with Crippen molar-refractivity contribution in [3.05, 3.63) is 47.3 Å². The highest BCUT2D eigenvalue weighted by Gasteiger charge is 2.18. The van der Waals surface area contributed by atoms with E-state index >= 15 is 0 Å². The van der Waals surface area contributed by atoms with Gasteiger partial charge in [0.1, 0.15) is 4.21 Å². The van der Waals surface area contributed by atoms with Crippen LogP contribution in [0.1, 0.15) is 10.4 Å². The van der Waals surface area contributed by atoms with Crippen molar-refractivity contribution >= 4 is 33.0 Å². The molecule has 2 N–H and O–H groups in total. The second kappa shape index (κ2) is 5.12. The van der Waals surface area contributed by atoms with Crippen LogP contribution in [0.4, 0.5) is 5.69 Å². The lowest BCUT2D eigenvalue weighted by atomic mass is 10.2. The number of amides is 1. The van der Waals surface area contributed by atoms with Gasteiger partial charge in [-0.3, -0.25) is 4.79 Å². The number of hydrogen-bond donors (Lipinski definition) is 1. The Morgan fingerprint density at radius 2 is 1.89 bits per heavy atom. The molecule has 1 heterocycles. The van der Waals surface area contributed by atoms with Crippen LogP contribution in [0, 0.1) is 0 Å². The lowest BCUT2D eigenvalue weighted by Crippen LogP contribution is -2.25. The Labute approximate surface area is 115 Å². The van der Waals surface area contributed by atoms with Gasteiger partial charge in [-0.25, -0.2) is 13.6 Å². The number of para-hydroxylation sites is 1. The lowest BCUT2D eigenvalue weighted by molar-refractivity contribution is 0.0993. The predicted molar refractivity (Wildman–Crippen MR) is 74.9 cm³/mol. The Kier molecular flexibility index (Phi) is 3.70. The van der Waals surface area contributed by atoms with E-state index in [0.717, 1.165) is 17.0 Å². The molecule has 5 nitrogen and oxygen atoms in total. The van der Waals surface area contributed by atoms with Gasteiger partial charge in [0.25, 0.3) is 5.91 Å². The topological polar surface area (TPSA) is 80.5 Å². The van der Waals surface area contributed by atoms with Gasteiger partial charge in [0.2, 0.25) is 10.0 Å². The monoisotopic (exact) mass is 296 g/mol. The van der Waals surface area contributed by atoms with E-state index in [1.54, 1.807) is 19.2 Å². The molecule has 0 aliphatic rings. The Bertz CT molecular complexity index is 693. The van der Waals surface area contributed by atoms with Crippen molar-refractivity contribution in [2.45, 2.75) is 4.21 Å². The van der Waals surface area contributed by atoms with E-state index in [0.29, 0.717) is 5.56 Å². The highest BCUT2D eigenvalue weighted by Crippen LogP contribution is 2.22. The molecule has 0 unspecified atom stereocenters. The van der Waals surface area contributed by atoms with Gasteiger partial charge in [0, 0.05) is 18.1 Å². The molecule has 7 heteroatoms. The van der Waals surface area contributed by atoms with Gasteiger partial charge in [0.15, 0.2) is 0 Å². The maximum atomic E-state index is 12.2. The van der Waals surface area contributed by atoms with Gasteiger partial charge in [0.05, 0.1) is 5.56 Å². The van der Waals surface area contributed by atoms with Gasteiger partial charge in [-0.1, -0.05) is 18.2 Å². The van der Waals surface area contributed by atoms with Crippen molar-refractivity contribution in [3.8, 4) is 0 Å². The van der Waals surface area contributed by atoms with E-state index in [1.165, 1.54) is 16.3 Å². The number of thiophene rings is 1. The molecule has 0 fully saturated rings. The van der Waals surface area contributed by atoms with Gasteiger partial charge in [-0.05, 0) is 18.2 Å². The molecule has 0 saturated carbocycles. The maximum Gasteiger partial charge on any atom is 0.258 e. The summed E-state index contributed by atoms with van der Waals surface area (Å²) in [6.07, 6.45) is 0. The van der Waals surface area contributed by atoms with Crippen LogP contribution in [-0.4, -0.2) is 21.4 Å². The fourth-order valence-corrected chi connectivity index (χ4v) is 3.12. The standard InChI is InChI=1S/C12H12N2O3S2/c1-14(10-5-3-2-4-6-10)12(15)9-7-11(18-8-9)19(13,16)17/h2-8H,1H3,(H2,13,16,17). The molecule has 0 radical (unpaired) electrons. The first-order chi connectivity index (χ1) is 8.89. The third-order valence-electron chi connectivity index (χ3n) is 2.55. The highest BCUT2D eigenvalue weighted by atomic mass is 32.2. The summed E-state index contributed by atoms with van der Waals surface area (Å²) in [4.78, 5) is 13.6. The molecule has 1 amide bonds. The van der Waals surface area contributed by atoms with Crippen molar-refractivity contribution in [3.63, 3.8) is 0 Å². The molecular formula is C12H12N2O3S2. The van der Waals surface area contributed by atoms with Crippen LogP contribution < -0.4 is 10.0 Å². The molecule has 2 rings (SSSR count). The van der Waals surface area contributed by atoms with Crippen molar-refractivity contribution < 1.29 is 13.2 Å². The Hall–Kier alpha value is -1.70. The smallest absolute Gasteiger partial charge is 0.258 e. The maximum absolute atomic E-state index is 12.2. The second-order valence-corrected chi connectivity index (χ2v) is 6.60. The molecule has 100 valence electrons. The number of rotatable bonds is 3. The largest absolute Gasteiger partial charge is 0.311 e. The third-order valence-corrected chi connectivity index (χ3v) is 4.94. The summed E-state index contributed by atoms with van der Waals surface area (Å²) in [7, 11) is -2.13. The Morgan fingerprint density at radius 1 is 1.26 bits per heavy atom. The first-order valence-electron chi connectivity index (χ1n) is 5.34. The number of sulfonamides is 1. The fraction of sp³-hybridized carbons (Fsp3) is 0.0833. The molecule has 0 atom stereocenters. The quantitative estimate of drug-likeness (QED) is 0.935. The molecule has 0 aliphatic heterocycles. The van der Waals surface area contributed by atoms with Crippen LogP contribution in [0.5, 0.6) is 0 Å². The SMILES string of the molecule is CN(C(=O)c1csc(S(N)(=O)=O)c1)c1ccccc1. The summed E-state index contributed by atoms with van der Waals surface area (Å²) in [6.45, 7) is 0. The van der Waals surface area contributed by atoms with Crippen LogP contribution in [0.15, 0.2) is 46.0 Å². The Morgan fingerprint density at radius 3 is 2.42 bits per heavy atom. The van der Waals surface area contributed by atoms with Crippen molar-refractivity contribution in [1.29, 1.82) is 0 Å². The number of nitrogens with zero attached hydrogens (tertiary/aromatic N) is 1. The first-order valence-corrected chi connectivity index (χ1v) is 7.76. The Balaban J connectivity index is 2.28. The van der Waals surface area contributed by atoms with Gasteiger partial charge in [-0.15, -0.1) is 11.3 Å².